The number of hydrogen-bond acceptors (Lipinski definition) is 3. The van der Waals surface area contributed by atoms with Crippen molar-refractivity contribution in [3.8, 4) is 11.4 Å². The van der Waals surface area contributed by atoms with Gasteiger partial charge >= 0.3 is 0 Å². The van der Waals surface area contributed by atoms with Gasteiger partial charge in [-0.3, -0.25) is 0 Å². The number of nitrogens with two attached hydrogens (primary N) is 1. The van der Waals surface area contributed by atoms with Crippen molar-refractivity contribution in [1.29, 1.82) is 0 Å². The van der Waals surface area contributed by atoms with Crippen LogP contribution in [0.25, 0.3) is 22.4 Å². The molecule has 0 spiro atoms. The summed E-state index contributed by atoms with van der Waals surface area (Å²) in [6.07, 6.45) is 0. The van der Waals surface area contributed by atoms with Crippen molar-refractivity contribution in [1.82, 2.24) is 9.55 Å². The molecule has 9 heteroatoms. The summed E-state index contributed by atoms with van der Waals surface area (Å²) >= 11 is 0. The number of amidine groups is 1. The monoisotopic (exact) mass is 414 g/mol. The van der Waals surface area contributed by atoms with Gasteiger partial charge in [-0.15, -0.1) is 0 Å². The predicted molar refractivity (Wildman–Crippen MR) is 103 cm³/mol. The summed E-state index contributed by atoms with van der Waals surface area (Å²) in [5.41, 5.74) is 5.58. The van der Waals surface area contributed by atoms with E-state index in [1.807, 2.05) is 0 Å². The van der Waals surface area contributed by atoms with E-state index in [0.29, 0.717) is 5.52 Å². The molecule has 5 nitrogen and oxygen atoms in total. The molecule has 30 heavy (non-hydrogen) atoms. The van der Waals surface area contributed by atoms with Gasteiger partial charge < -0.3 is 15.5 Å². The number of para-hydroxylation sites is 1. The average Bonchev–Trinajstić information content (AvgIpc) is 3.08. The first-order valence-corrected chi connectivity index (χ1v) is 8.76. The molecule has 0 aliphatic heterocycles. The van der Waals surface area contributed by atoms with Crippen molar-refractivity contribution in [3.05, 3.63) is 89.0 Å². The zero-order valence-corrected chi connectivity index (χ0v) is 15.3. The molecule has 0 atom stereocenters. The summed E-state index contributed by atoms with van der Waals surface area (Å²) in [7, 11) is 0. The molecule has 0 aliphatic carbocycles. The van der Waals surface area contributed by atoms with Gasteiger partial charge in [0, 0.05) is 11.1 Å². The number of hydrogen-bond donors (Lipinski definition) is 2. The van der Waals surface area contributed by atoms with Gasteiger partial charge in [0.05, 0.1) is 17.6 Å². The molecule has 152 valence electrons. The van der Waals surface area contributed by atoms with Crippen molar-refractivity contribution in [2.24, 2.45) is 10.9 Å². The molecule has 0 fully saturated rings. The van der Waals surface area contributed by atoms with E-state index in [1.54, 1.807) is 12.1 Å². The summed E-state index contributed by atoms with van der Waals surface area (Å²) in [5, 5.41) is 12.0. The Morgan fingerprint density at radius 2 is 1.47 bits per heavy atom. The van der Waals surface area contributed by atoms with Crippen molar-refractivity contribution >= 4 is 16.9 Å². The van der Waals surface area contributed by atoms with Crippen LogP contribution in [0.1, 0.15) is 11.1 Å². The predicted octanol–water partition coefficient (Wildman–Crippen LogP) is 4.40. The van der Waals surface area contributed by atoms with E-state index in [9.17, 15) is 17.6 Å². The fourth-order valence-corrected chi connectivity index (χ4v) is 3.31. The smallest absolute Gasteiger partial charge is 0.172 e. The molecule has 1 aromatic heterocycles. The molecule has 0 saturated carbocycles. The summed E-state index contributed by atoms with van der Waals surface area (Å²) in [6, 6.07) is 11.3. The van der Waals surface area contributed by atoms with Crippen LogP contribution in [0.3, 0.4) is 0 Å². The molecule has 3 N–H and O–H groups in total. The second-order valence-corrected chi connectivity index (χ2v) is 6.48. The maximum Gasteiger partial charge on any atom is 0.172 e. The van der Waals surface area contributed by atoms with Gasteiger partial charge in [-0.25, -0.2) is 22.5 Å². The maximum atomic E-state index is 14.5. The number of benzene rings is 3. The van der Waals surface area contributed by atoms with Gasteiger partial charge in [0.15, 0.2) is 5.84 Å². The fourth-order valence-electron chi connectivity index (χ4n) is 3.31. The van der Waals surface area contributed by atoms with Gasteiger partial charge in [0.25, 0.3) is 0 Å². The van der Waals surface area contributed by atoms with Crippen LogP contribution in [0, 0.1) is 23.3 Å². The van der Waals surface area contributed by atoms with Crippen LogP contribution in [0.4, 0.5) is 17.6 Å². The standard InChI is InChI=1S/C21H14F4N4O/c22-13-5-2-6-14(23)12(13)10-29-17-9-1-4-11(20(26)28-30)19(17)27-21(29)18-15(24)7-3-8-16(18)25/h1-9,30H,10H2,(H2,26,28). The number of oxime groups is 1. The van der Waals surface area contributed by atoms with E-state index in [1.165, 1.54) is 22.8 Å². The lowest BCUT2D eigenvalue weighted by Crippen LogP contribution is -2.13. The highest BCUT2D eigenvalue weighted by atomic mass is 19.1. The number of halogens is 4. The number of rotatable bonds is 4. The average molecular weight is 414 g/mol. The third-order valence-electron chi connectivity index (χ3n) is 4.73. The molecule has 0 bridgehead atoms. The lowest BCUT2D eigenvalue weighted by Gasteiger charge is -2.12. The first-order chi connectivity index (χ1) is 14.4. The molecule has 0 aliphatic rings. The molecule has 0 amide bonds. The second kappa shape index (κ2) is 7.51. The zero-order valence-electron chi connectivity index (χ0n) is 15.3. The van der Waals surface area contributed by atoms with Crippen molar-refractivity contribution in [2.75, 3.05) is 0 Å². The maximum absolute atomic E-state index is 14.5. The molecule has 4 rings (SSSR count). The van der Waals surface area contributed by atoms with E-state index in [-0.39, 0.29) is 28.3 Å². The highest BCUT2D eigenvalue weighted by Gasteiger charge is 2.23. The summed E-state index contributed by atoms with van der Waals surface area (Å²) < 4.78 is 59.0. The van der Waals surface area contributed by atoms with Crippen molar-refractivity contribution in [3.63, 3.8) is 0 Å². The Hall–Kier alpha value is -3.88. The molecule has 0 saturated heterocycles. The first kappa shape index (κ1) is 19.4. The minimum absolute atomic E-state index is 0.155. The minimum Gasteiger partial charge on any atom is -0.409 e. The highest BCUT2D eigenvalue weighted by molar-refractivity contribution is 6.07. The van der Waals surface area contributed by atoms with Crippen molar-refractivity contribution in [2.45, 2.75) is 6.54 Å². The molecule has 4 aromatic rings. The Morgan fingerprint density at radius 1 is 0.900 bits per heavy atom. The van der Waals surface area contributed by atoms with Crippen LogP contribution < -0.4 is 5.73 Å². The van der Waals surface area contributed by atoms with Gasteiger partial charge in [0.1, 0.15) is 34.6 Å². The Kier molecular flexibility index (Phi) is 4.86. The van der Waals surface area contributed by atoms with E-state index < -0.39 is 35.4 Å². The van der Waals surface area contributed by atoms with E-state index >= 15 is 0 Å². The Bertz CT molecular complexity index is 1260. The largest absolute Gasteiger partial charge is 0.409 e. The normalized spacial score (nSPS) is 11.9. The summed E-state index contributed by atoms with van der Waals surface area (Å²) in [6.45, 7) is -0.391. The van der Waals surface area contributed by atoms with E-state index in [4.69, 9.17) is 10.9 Å². The van der Waals surface area contributed by atoms with Gasteiger partial charge in [-0.1, -0.05) is 23.4 Å². The van der Waals surface area contributed by atoms with E-state index in [2.05, 4.69) is 10.1 Å². The summed E-state index contributed by atoms with van der Waals surface area (Å²) in [4.78, 5) is 4.30. The van der Waals surface area contributed by atoms with Crippen molar-refractivity contribution < 1.29 is 22.8 Å². The molecular weight excluding hydrogens is 400 g/mol. The van der Waals surface area contributed by atoms with Crippen LogP contribution >= 0.6 is 0 Å². The topological polar surface area (TPSA) is 76.4 Å². The third-order valence-corrected chi connectivity index (χ3v) is 4.73. The van der Waals surface area contributed by atoms with Gasteiger partial charge in [-0.05, 0) is 36.4 Å². The SMILES string of the molecule is N/C(=N/O)c1cccc2c1nc(-c1c(F)cccc1F)n2Cc1c(F)cccc1F. The second-order valence-electron chi connectivity index (χ2n) is 6.48. The number of imidazole rings is 1. The molecule has 1 heterocycles. The Labute approximate surface area is 167 Å². The van der Waals surface area contributed by atoms with Crippen LogP contribution in [0.2, 0.25) is 0 Å². The highest BCUT2D eigenvalue weighted by Crippen LogP contribution is 2.32. The first-order valence-electron chi connectivity index (χ1n) is 8.76. The van der Waals surface area contributed by atoms with E-state index in [0.717, 1.165) is 24.3 Å². The minimum atomic E-state index is -0.897. The van der Waals surface area contributed by atoms with Crippen LogP contribution in [-0.4, -0.2) is 20.6 Å². The number of fused-ring (bicyclic) bond motifs is 1. The lowest BCUT2D eigenvalue weighted by molar-refractivity contribution is 0.318. The Morgan fingerprint density at radius 3 is 2.07 bits per heavy atom. The molecule has 0 radical (unpaired) electrons. The van der Waals surface area contributed by atoms with Gasteiger partial charge in [-0.2, -0.15) is 0 Å². The van der Waals surface area contributed by atoms with Crippen LogP contribution in [-0.2, 0) is 6.54 Å². The summed E-state index contributed by atoms with van der Waals surface area (Å²) in [5.74, 6) is -3.89. The molecule has 3 aromatic carbocycles. The zero-order chi connectivity index (χ0) is 21.4. The quantitative estimate of drug-likeness (QED) is 0.171. The van der Waals surface area contributed by atoms with Crippen LogP contribution in [0.15, 0.2) is 59.8 Å². The van der Waals surface area contributed by atoms with Crippen LogP contribution in [0.5, 0.6) is 0 Å². The molecular formula is C21H14F4N4O. The van der Waals surface area contributed by atoms with Gasteiger partial charge in [0.2, 0.25) is 0 Å². The third kappa shape index (κ3) is 3.14. The Balaban J connectivity index is 2.06. The fraction of sp³-hybridized carbons (Fsp3) is 0.0476. The molecule has 0 unspecified atom stereocenters. The number of aromatic nitrogens is 2. The lowest BCUT2D eigenvalue weighted by atomic mass is 10.1. The number of nitrogens with zero attached hydrogens (tertiary/aromatic N) is 3.